The van der Waals surface area contributed by atoms with Crippen LogP contribution in [0.1, 0.15) is 16.1 Å². The number of aromatic nitrogens is 1. The number of halogens is 1. The van der Waals surface area contributed by atoms with Crippen LogP contribution in [0.3, 0.4) is 0 Å². The maximum absolute atomic E-state index is 12.1. The van der Waals surface area contributed by atoms with Crippen LogP contribution in [0.15, 0.2) is 59.1 Å². The number of nitrogens with one attached hydrogen (secondary N) is 2. The largest absolute Gasteiger partial charge is 0.351 e. The van der Waals surface area contributed by atoms with Crippen molar-refractivity contribution in [2.45, 2.75) is 6.54 Å². The summed E-state index contributed by atoms with van der Waals surface area (Å²) in [6.45, 7) is 0.527. The second-order valence-corrected chi connectivity index (χ2v) is 5.50. The summed E-state index contributed by atoms with van der Waals surface area (Å²) < 4.78 is 1.00. The Hall–Kier alpha value is -2.07. The second-order valence-electron chi connectivity index (χ2n) is 4.58. The molecular weight excluding hydrogens is 316 g/mol. The monoisotopic (exact) mass is 328 g/mol. The van der Waals surface area contributed by atoms with Crippen LogP contribution >= 0.6 is 15.9 Å². The quantitative estimate of drug-likeness (QED) is 0.753. The molecule has 0 aliphatic heterocycles. The minimum absolute atomic E-state index is 0.0961. The van der Waals surface area contributed by atoms with Crippen LogP contribution in [-0.2, 0) is 6.54 Å². The first-order valence-electron chi connectivity index (χ1n) is 6.33. The van der Waals surface area contributed by atoms with Crippen molar-refractivity contribution in [2.24, 2.45) is 0 Å². The number of H-pyrrole nitrogens is 1. The van der Waals surface area contributed by atoms with E-state index in [0.717, 1.165) is 20.9 Å². The lowest BCUT2D eigenvalue weighted by Crippen LogP contribution is -2.22. The Labute approximate surface area is 125 Å². The van der Waals surface area contributed by atoms with Gasteiger partial charge < -0.3 is 10.3 Å². The summed E-state index contributed by atoms with van der Waals surface area (Å²) in [6.07, 6.45) is 0. The molecule has 0 radical (unpaired) electrons. The Balaban J connectivity index is 1.75. The highest BCUT2D eigenvalue weighted by Crippen LogP contribution is 2.20. The molecule has 1 aromatic heterocycles. The third kappa shape index (κ3) is 2.75. The SMILES string of the molecule is O=C(NCc1ccccc1)c1cc2cc(Br)ccc2[nH]1. The zero-order valence-electron chi connectivity index (χ0n) is 10.7. The summed E-state index contributed by atoms with van der Waals surface area (Å²) in [5.74, 6) is -0.0961. The zero-order valence-corrected chi connectivity index (χ0v) is 12.3. The van der Waals surface area contributed by atoms with E-state index in [1.165, 1.54) is 0 Å². The average Bonchev–Trinajstić information content (AvgIpc) is 2.89. The molecule has 0 spiro atoms. The molecule has 3 rings (SSSR count). The Morgan fingerprint density at radius 2 is 1.90 bits per heavy atom. The van der Waals surface area contributed by atoms with Crippen LogP contribution < -0.4 is 5.32 Å². The van der Waals surface area contributed by atoms with E-state index in [1.54, 1.807) is 0 Å². The minimum Gasteiger partial charge on any atom is -0.351 e. The maximum atomic E-state index is 12.1. The summed E-state index contributed by atoms with van der Waals surface area (Å²) in [5.41, 5.74) is 2.62. The normalized spacial score (nSPS) is 10.7. The molecule has 3 aromatic rings. The fraction of sp³-hybridized carbons (Fsp3) is 0.0625. The van der Waals surface area contributed by atoms with E-state index < -0.39 is 0 Å². The van der Waals surface area contributed by atoms with Gasteiger partial charge in [0.15, 0.2) is 0 Å². The number of fused-ring (bicyclic) bond motifs is 1. The molecule has 4 heteroatoms. The summed E-state index contributed by atoms with van der Waals surface area (Å²) in [5, 5.41) is 3.93. The third-order valence-electron chi connectivity index (χ3n) is 3.12. The molecule has 20 heavy (non-hydrogen) atoms. The van der Waals surface area contributed by atoms with Gasteiger partial charge in [-0.1, -0.05) is 46.3 Å². The topological polar surface area (TPSA) is 44.9 Å². The predicted molar refractivity (Wildman–Crippen MR) is 83.6 cm³/mol. The average molecular weight is 329 g/mol. The molecular formula is C16H13BrN2O. The number of carbonyl (C=O) groups is 1. The lowest BCUT2D eigenvalue weighted by Gasteiger charge is -2.03. The van der Waals surface area contributed by atoms with Gasteiger partial charge >= 0.3 is 0 Å². The summed E-state index contributed by atoms with van der Waals surface area (Å²) >= 11 is 3.43. The molecule has 0 unspecified atom stereocenters. The van der Waals surface area contributed by atoms with Gasteiger partial charge in [-0.05, 0) is 29.8 Å². The van der Waals surface area contributed by atoms with Gasteiger partial charge in [0.1, 0.15) is 5.69 Å². The Morgan fingerprint density at radius 1 is 1.10 bits per heavy atom. The minimum atomic E-state index is -0.0961. The van der Waals surface area contributed by atoms with Crippen LogP contribution in [0.5, 0.6) is 0 Å². The molecule has 2 aromatic carbocycles. The highest BCUT2D eigenvalue weighted by molar-refractivity contribution is 9.10. The summed E-state index contributed by atoms with van der Waals surface area (Å²) in [4.78, 5) is 15.2. The number of rotatable bonds is 3. The van der Waals surface area contributed by atoms with Gasteiger partial charge in [0.25, 0.3) is 5.91 Å². The lowest BCUT2D eigenvalue weighted by atomic mass is 10.2. The Morgan fingerprint density at radius 3 is 2.70 bits per heavy atom. The number of amides is 1. The first kappa shape index (κ1) is 12.9. The molecule has 100 valence electrons. The molecule has 1 amide bonds. The zero-order chi connectivity index (χ0) is 13.9. The summed E-state index contributed by atoms with van der Waals surface area (Å²) in [6, 6.07) is 17.6. The molecule has 0 saturated carbocycles. The molecule has 3 nitrogen and oxygen atoms in total. The van der Waals surface area contributed by atoms with E-state index >= 15 is 0 Å². The first-order valence-corrected chi connectivity index (χ1v) is 7.12. The molecule has 0 saturated heterocycles. The van der Waals surface area contributed by atoms with Gasteiger partial charge in [-0.15, -0.1) is 0 Å². The molecule has 0 aliphatic carbocycles. The van der Waals surface area contributed by atoms with Crippen molar-refractivity contribution in [3.8, 4) is 0 Å². The van der Waals surface area contributed by atoms with Crippen molar-refractivity contribution in [3.05, 3.63) is 70.3 Å². The van der Waals surface area contributed by atoms with Crippen LogP contribution in [0, 0.1) is 0 Å². The van der Waals surface area contributed by atoms with Crippen molar-refractivity contribution in [2.75, 3.05) is 0 Å². The van der Waals surface area contributed by atoms with Crippen molar-refractivity contribution in [1.29, 1.82) is 0 Å². The molecule has 1 heterocycles. The Kier molecular flexibility index (Phi) is 3.56. The van der Waals surface area contributed by atoms with E-state index in [-0.39, 0.29) is 5.91 Å². The Bertz CT molecular complexity index is 750. The van der Waals surface area contributed by atoms with Crippen molar-refractivity contribution >= 4 is 32.7 Å². The van der Waals surface area contributed by atoms with Crippen LogP contribution in [-0.4, -0.2) is 10.9 Å². The number of hydrogen-bond acceptors (Lipinski definition) is 1. The smallest absolute Gasteiger partial charge is 0.267 e. The summed E-state index contributed by atoms with van der Waals surface area (Å²) in [7, 11) is 0. The van der Waals surface area contributed by atoms with Gasteiger partial charge in [0.05, 0.1) is 0 Å². The second kappa shape index (κ2) is 5.51. The van der Waals surface area contributed by atoms with Crippen molar-refractivity contribution < 1.29 is 4.79 Å². The number of hydrogen-bond donors (Lipinski definition) is 2. The lowest BCUT2D eigenvalue weighted by molar-refractivity contribution is 0.0947. The van der Waals surface area contributed by atoms with Gasteiger partial charge in [-0.2, -0.15) is 0 Å². The van der Waals surface area contributed by atoms with Crippen molar-refractivity contribution in [3.63, 3.8) is 0 Å². The fourth-order valence-corrected chi connectivity index (χ4v) is 2.48. The molecule has 2 N–H and O–H groups in total. The van der Waals surface area contributed by atoms with Crippen LogP contribution in [0.2, 0.25) is 0 Å². The first-order chi connectivity index (χ1) is 9.72. The highest BCUT2D eigenvalue weighted by atomic mass is 79.9. The fourth-order valence-electron chi connectivity index (χ4n) is 2.10. The third-order valence-corrected chi connectivity index (χ3v) is 3.62. The van der Waals surface area contributed by atoms with E-state index in [9.17, 15) is 4.79 Å². The van der Waals surface area contributed by atoms with E-state index in [0.29, 0.717) is 12.2 Å². The van der Waals surface area contributed by atoms with E-state index in [1.807, 2.05) is 54.6 Å². The van der Waals surface area contributed by atoms with Crippen LogP contribution in [0.4, 0.5) is 0 Å². The van der Waals surface area contributed by atoms with Gasteiger partial charge in [0.2, 0.25) is 0 Å². The predicted octanol–water partition coefficient (Wildman–Crippen LogP) is 3.86. The van der Waals surface area contributed by atoms with Gasteiger partial charge in [-0.25, -0.2) is 0 Å². The van der Waals surface area contributed by atoms with Gasteiger partial charge in [-0.3, -0.25) is 4.79 Å². The molecule has 0 atom stereocenters. The molecule has 0 bridgehead atoms. The molecule has 0 aliphatic rings. The van der Waals surface area contributed by atoms with E-state index in [4.69, 9.17) is 0 Å². The maximum Gasteiger partial charge on any atom is 0.267 e. The van der Waals surface area contributed by atoms with E-state index in [2.05, 4.69) is 26.2 Å². The van der Waals surface area contributed by atoms with Crippen molar-refractivity contribution in [1.82, 2.24) is 10.3 Å². The number of benzene rings is 2. The standard InChI is InChI=1S/C16H13BrN2O/c17-13-6-7-14-12(8-13)9-15(19-14)16(20)18-10-11-4-2-1-3-5-11/h1-9,19H,10H2,(H,18,20). The number of aromatic amines is 1. The molecule has 0 fully saturated rings. The highest BCUT2D eigenvalue weighted by Gasteiger charge is 2.09. The van der Waals surface area contributed by atoms with Gasteiger partial charge in [0, 0.05) is 21.9 Å². The van der Waals surface area contributed by atoms with Crippen LogP contribution in [0.25, 0.3) is 10.9 Å². The number of carbonyl (C=O) groups excluding carboxylic acids is 1.